The van der Waals surface area contributed by atoms with E-state index in [1.54, 1.807) is 28.6 Å². The monoisotopic (exact) mass is 363 g/mol. The Morgan fingerprint density at radius 3 is 2.72 bits per heavy atom. The second kappa shape index (κ2) is 8.61. The van der Waals surface area contributed by atoms with Crippen LogP contribution in [0.2, 0.25) is 0 Å². The van der Waals surface area contributed by atoms with E-state index in [2.05, 4.69) is 17.1 Å². The first-order chi connectivity index (χ1) is 12.0. The summed E-state index contributed by atoms with van der Waals surface area (Å²) in [6.07, 6.45) is 3.41. The second-order valence-electron chi connectivity index (χ2n) is 5.50. The number of nitro groups is 1. The third-order valence-corrected chi connectivity index (χ3v) is 4.84. The fourth-order valence-electron chi connectivity index (χ4n) is 2.28. The molecule has 2 aromatic rings. The van der Waals surface area contributed by atoms with Crippen molar-refractivity contribution >= 4 is 23.4 Å². The highest BCUT2D eigenvalue weighted by Gasteiger charge is 2.22. The number of nitro benzene ring substituents is 1. The Bertz CT molecular complexity index is 762. The number of nitrogens with zero attached hydrogens (tertiary/aromatic N) is 5. The highest BCUT2D eigenvalue weighted by Crippen LogP contribution is 2.34. The van der Waals surface area contributed by atoms with Crippen LogP contribution >= 0.6 is 11.8 Å². The van der Waals surface area contributed by atoms with Crippen LogP contribution in [-0.2, 0) is 7.05 Å². The molecule has 25 heavy (non-hydrogen) atoms. The van der Waals surface area contributed by atoms with Gasteiger partial charge in [-0.25, -0.2) is 0 Å². The maximum atomic E-state index is 12.6. The number of aromatic nitrogens is 3. The molecule has 1 aromatic carbocycles. The molecule has 0 radical (unpaired) electrons. The number of hydrogen-bond donors (Lipinski definition) is 0. The summed E-state index contributed by atoms with van der Waals surface area (Å²) in [4.78, 5) is 25.7. The lowest BCUT2D eigenvalue weighted by molar-refractivity contribution is -0.387. The highest BCUT2D eigenvalue weighted by molar-refractivity contribution is 7.99. The quantitative estimate of drug-likeness (QED) is 0.528. The predicted octanol–water partition coefficient (Wildman–Crippen LogP) is 3.14. The van der Waals surface area contributed by atoms with Gasteiger partial charge in [0.25, 0.3) is 11.6 Å². The van der Waals surface area contributed by atoms with E-state index in [0.29, 0.717) is 28.7 Å². The van der Waals surface area contributed by atoms with Gasteiger partial charge in [-0.2, -0.15) is 0 Å². The molecule has 2 rings (SSSR count). The molecule has 9 heteroatoms. The number of unbranched alkanes of at least 4 members (excludes halogenated alkanes) is 1. The van der Waals surface area contributed by atoms with Crippen molar-refractivity contribution in [1.29, 1.82) is 0 Å². The Kier molecular flexibility index (Phi) is 6.51. The summed E-state index contributed by atoms with van der Waals surface area (Å²) in [5, 5.41) is 19.7. The molecule has 0 saturated heterocycles. The van der Waals surface area contributed by atoms with E-state index < -0.39 is 4.92 Å². The molecule has 134 valence electrons. The lowest BCUT2D eigenvalue weighted by atomic mass is 10.1. The Balaban J connectivity index is 2.30. The van der Waals surface area contributed by atoms with Gasteiger partial charge in [0.1, 0.15) is 6.33 Å². The van der Waals surface area contributed by atoms with E-state index in [1.165, 1.54) is 12.4 Å². The maximum Gasteiger partial charge on any atom is 0.284 e. The largest absolute Gasteiger partial charge is 0.339 e. The first-order valence-electron chi connectivity index (χ1n) is 8.07. The van der Waals surface area contributed by atoms with Crippen LogP contribution in [0.5, 0.6) is 0 Å². The van der Waals surface area contributed by atoms with Crippen LogP contribution in [0.3, 0.4) is 0 Å². The van der Waals surface area contributed by atoms with Gasteiger partial charge in [0.15, 0.2) is 5.16 Å². The standard InChI is InChI=1S/C16H21N5O3S/c1-4-6-9-20(5-2)15(22)12-7-8-14(13(10-12)21(23)24)25-16-18-17-11-19(16)3/h7-8,10-11H,4-6,9H2,1-3H3. The van der Waals surface area contributed by atoms with Gasteiger partial charge >= 0.3 is 0 Å². The number of carbonyl (C=O) groups excluding carboxylic acids is 1. The molecule has 1 amide bonds. The second-order valence-corrected chi connectivity index (χ2v) is 6.51. The third kappa shape index (κ3) is 4.56. The third-order valence-electron chi connectivity index (χ3n) is 3.72. The van der Waals surface area contributed by atoms with Crippen molar-refractivity contribution in [3.05, 3.63) is 40.2 Å². The van der Waals surface area contributed by atoms with E-state index in [1.807, 2.05) is 6.92 Å². The van der Waals surface area contributed by atoms with Crippen molar-refractivity contribution in [3.8, 4) is 0 Å². The zero-order chi connectivity index (χ0) is 18.4. The summed E-state index contributed by atoms with van der Waals surface area (Å²) >= 11 is 1.15. The molecule has 0 fully saturated rings. The molecule has 8 nitrogen and oxygen atoms in total. The average molecular weight is 363 g/mol. The van der Waals surface area contributed by atoms with Crippen molar-refractivity contribution in [2.75, 3.05) is 13.1 Å². The summed E-state index contributed by atoms with van der Waals surface area (Å²) in [5.74, 6) is -0.186. The van der Waals surface area contributed by atoms with E-state index in [-0.39, 0.29) is 11.6 Å². The fourth-order valence-corrected chi connectivity index (χ4v) is 3.13. The zero-order valence-corrected chi connectivity index (χ0v) is 15.3. The van der Waals surface area contributed by atoms with Crippen molar-refractivity contribution in [2.24, 2.45) is 7.05 Å². The van der Waals surface area contributed by atoms with Crippen molar-refractivity contribution in [2.45, 2.75) is 36.7 Å². The van der Waals surface area contributed by atoms with Crippen LogP contribution in [-0.4, -0.2) is 43.6 Å². The molecular formula is C16H21N5O3S. The van der Waals surface area contributed by atoms with Crippen LogP contribution in [0.15, 0.2) is 34.6 Å². The molecule has 0 aliphatic rings. The maximum absolute atomic E-state index is 12.6. The number of benzene rings is 1. The molecule has 0 aliphatic heterocycles. The van der Waals surface area contributed by atoms with E-state index in [4.69, 9.17) is 0 Å². The molecule has 1 heterocycles. The van der Waals surface area contributed by atoms with Gasteiger partial charge < -0.3 is 9.47 Å². The number of rotatable bonds is 8. The lowest BCUT2D eigenvalue weighted by Gasteiger charge is -2.20. The molecule has 0 atom stereocenters. The molecular weight excluding hydrogens is 342 g/mol. The molecule has 0 spiro atoms. The van der Waals surface area contributed by atoms with Gasteiger partial charge in [-0.05, 0) is 37.2 Å². The number of hydrogen-bond acceptors (Lipinski definition) is 6. The van der Waals surface area contributed by atoms with Gasteiger partial charge in [-0.15, -0.1) is 10.2 Å². The molecule has 0 N–H and O–H groups in total. The van der Waals surface area contributed by atoms with Gasteiger partial charge in [0.2, 0.25) is 0 Å². The molecule has 1 aromatic heterocycles. The van der Waals surface area contributed by atoms with Crippen molar-refractivity contribution in [3.63, 3.8) is 0 Å². The number of aryl methyl sites for hydroxylation is 1. The smallest absolute Gasteiger partial charge is 0.284 e. The van der Waals surface area contributed by atoms with Crippen molar-refractivity contribution in [1.82, 2.24) is 19.7 Å². The summed E-state index contributed by atoms with van der Waals surface area (Å²) in [6.45, 7) is 5.18. The van der Waals surface area contributed by atoms with Gasteiger partial charge in [-0.1, -0.05) is 13.3 Å². The minimum absolute atomic E-state index is 0.106. The molecule has 0 bridgehead atoms. The topological polar surface area (TPSA) is 94.2 Å². The minimum Gasteiger partial charge on any atom is -0.339 e. The van der Waals surface area contributed by atoms with Crippen molar-refractivity contribution < 1.29 is 9.72 Å². The summed E-state index contributed by atoms with van der Waals surface area (Å²) in [7, 11) is 1.76. The van der Waals surface area contributed by atoms with E-state index in [9.17, 15) is 14.9 Å². The Morgan fingerprint density at radius 1 is 1.40 bits per heavy atom. The molecule has 0 unspecified atom stereocenters. The van der Waals surface area contributed by atoms with Gasteiger partial charge in [0.05, 0.1) is 9.82 Å². The normalized spacial score (nSPS) is 10.7. The first-order valence-corrected chi connectivity index (χ1v) is 8.89. The van der Waals surface area contributed by atoms with Crippen LogP contribution in [0.4, 0.5) is 5.69 Å². The van der Waals surface area contributed by atoms with Crippen LogP contribution in [0.25, 0.3) is 0 Å². The lowest BCUT2D eigenvalue weighted by Crippen LogP contribution is -2.31. The summed E-state index contributed by atoms with van der Waals surface area (Å²) in [5.41, 5.74) is 0.220. The molecule has 0 saturated carbocycles. The van der Waals surface area contributed by atoms with E-state index >= 15 is 0 Å². The van der Waals surface area contributed by atoms with Crippen LogP contribution in [0, 0.1) is 10.1 Å². The fraction of sp³-hybridized carbons (Fsp3) is 0.438. The average Bonchev–Trinajstić information content (AvgIpc) is 3.00. The summed E-state index contributed by atoms with van der Waals surface area (Å²) < 4.78 is 1.68. The van der Waals surface area contributed by atoms with Crippen LogP contribution in [0.1, 0.15) is 37.0 Å². The highest BCUT2D eigenvalue weighted by atomic mass is 32.2. The Labute approximate surface area is 150 Å². The minimum atomic E-state index is -0.474. The van der Waals surface area contributed by atoms with Gasteiger partial charge in [0, 0.05) is 31.8 Å². The number of amides is 1. The first kappa shape index (κ1) is 18.9. The Morgan fingerprint density at radius 2 is 2.16 bits per heavy atom. The molecule has 0 aliphatic carbocycles. The van der Waals surface area contributed by atoms with Gasteiger partial charge in [-0.3, -0.25) is 14.9 Å². The Hall–Kier alpha value is -2.42. The zero-order valence-electron chi connectivity index (χ0n) is 14.5. The van der Waals surface area contributed by atoms with E-state index in [0.717, 1.165) is 24.6 Å². The summed E-state index contributed by atoms with van der Waals surface area (Å²) in [6, 6.07) is 4.57. The SMILES string of the molecule is CCCCN(CC)C(=O)c1ccc(Sc2nncn2C)c([N+](=O)[O-])c1. The van der Waals surface area contributed by atoms with Crippen LogP contribution < -0.4 is 0 Å². The predicted molar refractivity (Wildman–Crippen MR) is 94.7 cm³/mol. The number of carbonyl (C=O) groups is 1.